The number of halogens is 1. The first kappa shape index (κ1) is 38.1. The predicted molar refractivity (Wildman–Crippen MR) is 207 cm³/mol. The Kier molecular flexibility index (Phi) is 11.3. The minimum absolute atomic E-state index is 0.154. The van der Waals surface area contributed by atoms with Gasteiger partial charge in [0.25, 0.3) is 5.91 Å². The molecule has 1 saturated heterocycles. The fourth-order valence-corrected chi connectivity index (χ4v) is 7.49. The highest BCUT2D eigenvalue weighted by molar-refractivity contribution is 6.34. The third kappa shape index (κ3) is 9.68. The second kappa shape index (κ2) is 15.8. The van der Waals surface area contributed by atoms with E-state index in [2.05, 4.69) is 60.1 Å². The molecule has 3 N–H and O–H groups in total. The lowest BCUT2D eigenvalue weighted by molar-refractivity contribution is 0.0265. The Morgan fingerprint density at radius 1 is 1.00 bits per heavy atom. The first-order valence-electron chi connectivity index (χ1n) is 18.4. The van der Waals surface area contributed by atoms with Crippen molar-refractivity contribution in [2.45, 2.75) is 71.7 Å². The molecule has 0 spiro atoms. The summed E-state index contributed by atoms with van der Waals surface area (Å²) in [6.07, 6.45) is 0.290. The van der Waals surface area contributed by atoms with Crippen LogP contribution in [0, 0.1) is 36.0 Å². The number of nitrogens with zero attached hydrogens (tertiary/aromatic N) is 2. The highest BCUT2D eigenvalue weighted by atomic mass is 35.5. The summed E-state index contributed by atoms with van der Waals surface area (Å²) in [4.78, 5) is 28.4. The maximum absolute atomic E-state index is 14.0. The molecule has 2 heterocycles. The average Bonchev–Trinajstić information content (AvgIpc) is 3.43. The summed E-state index contributed by atoms with van der Waals surface area (Å²) < 4.78 is 11.8. The first-order chi connectivity index (χ1) is 25.2. The van der Waals surface area contributed by atoms with Crippen LogP contribution in [-0.2, 0) is 17.7 Å². The summed E-state index contributed by atoms with van der Waals surface area (Å²) in [6, 6.07) is 27.5. The highest BCUT2D eigenvalue weighted by Crippen LogP contribution is 2.51. The molecule has 1 saturated carbocycles. The topological polar surface area (TPSA) is 120 Å². The summed E-state index contributed by atoms with van der Waals surface area (Å²) >= 11 is 6.65. The van der Waals surface area contributed by atoms with Gasteiger partial charge in [0.1, 0.15) is 17.1 Å². The van der Waals surface area contributed by atoms with Crippen molar-refractivity contribution in [2.24, 2.45) is 17.8 Å². The van der Waals surface area contributed by atoms with E-state index in [1.54, 1.807) is 24.3 Å². The van der Waals surface area contributed by atoms with Crippen LogP contribution < -0.4 is 16.0 Å². The molecule has 2 fully saturated rings. The number of fused-ring (bicyclic) bond motifs is 1. The van der Waals surface area contributed by atoms with Gasteiger partial charge < -0.3 is 30.0 Å². The van der Waals surface area contributed by atoms with Crippen LogP contribution in [0.2, 0.25) is 5.02 Å². The van der Waals surface area contributed by atoms with Crippen LogP contribution in [-0.4, -0.2) is 54.2 Å². The van der Waals surface area contributed by atoms with Gasteiger partial charge in [0, 0.05) is 31.2 Å². The van der Waals surface area contributed by atoms with Crippen LogP contribution in [0.4, 0.5) is 4.79 Å². The molecular formula is C43H50ClN5O4. The number of aryl methyl sites for hydroxylation is 1. The Labute approximate surface area is 318 Å². The van der Waals surface area contributed by atoms with E-state index in [4.69, 9.17) is 20.8 Å². The molecule has 1 aliphatic carbocycles. The molecule has 3 aromatic carbocycles. The molecule has 1 aromatic heterocycles. The molecule has 0 bridgehead atoms. The molecule has 0 radical (unpaired) electrons. The molecule has 2 aliphatic rings. The number of ether oxygens (including phenoxy) is 1. The number of nitrogens with one attached hydrogen (secondary N) is 3. The van der Waals surface area contributed by atoms with Crippen molar-refractivity contribution in [3.05, 3.63) is 117 Å². The molecule has 278 valence electrons. The average molecular weight is 736 g/mol. The van der Waals surface area contributed by atoms with Crippen molar-refractivity contribution in [1.29, 1.82) is 5.26 Å². The fourth-order valence-electron chi connectivity index (χ4n) is 7.29. The summed E-state index contributed by atoms with van der Waals surface area (Å²) in [5.74, 6) is 2.52. The SMILES string of the molecule is Cc1ccc([C@@H](C)NCc2ccc(-c3ccc(Cl)c(C(=O)N[C@](C)(CNCC4[C@H]5CN(C(=O)OC(C)(C)C)C[C@@H]45)Cc4ccc(C#N)cc4)c3)o2)cc1. The lowest BCUT2D eigenvalue weighted by Crippen LogP contribution is -2.54. The van der Waals surface area contributed by atoms with E-state index in [0.29, 0.717) is 72.3 Å². The Morgan fingerprint density at radius 2 is 1.70 bits per heavy atom. The molecule has 1 unspecified atom stereocenters. The number of amides is 2. The third-order valence-electron chi connectivity index (χ3n) is 10.3. The van der Waals surface area contributed by atoms with Crippen molar-refractivity contribution in [3.63, 3.8) is 0 Å². The number of carbonyl (C=O) groups is 2. The highest BCUT2D eigenvalue weighted by Gasteiger charge is 2.56. The van der Waals surface area contributed by atoms with Crippen LogP contribution in [0.5, 0.6) is 0 Å². The molecular weight excluding hydrogens is 686 g/mol. The number of carbonyl (C=O) groups excluding carboxylic acids is 2. The van der Waals surface area contributed by atoms with Crippen LogP contribution in [0.3, 0.4) is 0 Å². The predicted octanol–water partition coefficient (Wildman–Crippen LogP) is 8.06. The zero-order valence-corrected chi connectivity index (χ0v) is 32.2. The molecule has 9 nitrogen and oxygen atoms in total. The summed E-state index contributed by atoms with van der Waals surface area (Å²) in [5.41, 5.74) is 3.93. The van der Waals surface area contributed by atoms with E-state index in [9.17, 15) is 14.9 Å². The Balaban J connectivity index is 1.10. The second-order valence-electron chi connectivity index (χ2n) is 16.0. The normalized spacial score (nSPS) is 19.5. The van der Waals surface area contributed by atoms with E-state index in [-0.39, 0.29) is 18.0 Å². The molecule has 10 heteroatoms. The molecule has 2 amide bonds. The fraction of sp³-hybridized carbons (Fsp3) is 0.419. The minimum Gasteiger partial charge on any atom is -0.460 e. The summed E-state index contributed by atoms with van der Waals surface area (Å²) in [7, 11) is 0. The van der Waals surface area contributed by atoms with Gasteiger partial charge in [-0.15, -0.1) is 0 Å². The van der Waals surface area contributed by atoms with Crippen molar-refractivity contribution in [2.75, 3.05) is 26.2 Å². The second-order valence-corrected chi connectivity index (χ2v) is 16.4. The van der Waals surface area contributed by atoms with Crippen LogP contribution in [0.25, 0.3) is 11.3 Å². The summed E-state index contributed by atoms with van der Waals surface area (Å²) in [5, 5.41) is 20.1. The molecule has 1 aliphatic heterocycles. The van der Waals surface area contributed by atoms with Gasteiger partial charge in [0.05, 0.1) is 34.3 Å². The lowest BCUT2D eigenvalue weighted by Gasteiger charge is -2.32. The number of hydrogen-bond donors (Lipinski definition) is 3. The van der Waals surface area contributed by atoms with Crippen molar-refractivity contribution in [1.82, 2.24) is 20.9 Å². The maximum atomic E-state index is 14.0. The van der Waals surface area contributed by atoms with Gasteiger partial charge in [-0.2, -0.15) is 5.26 Å². The van der Waals surface area contributed by atoms with Gasteiger partial charge in [-0.1, -0.05) is 53.6 Å². The maximum Gasteiger partial charge on any atom is 0.410 e. The van der Waals surface area contributed by atoms with Gasteiger partial charge in [-0.25, -0.2) is 4.79 Å². The van der Waals surface area contributed by atoms with Crippen LogP contribution in [0.1, 0.15) is 79.0 Å². The number of hydrogen-bond acceptors (Lipinski definition) is 7. The number of rotatable bonds is 13. The van der Waals surface area contributed by atoms with E-state index in [0.717, 1.165) is 23.4 Å². The monoisotopic (exact) mass is 735 g/mol. The number of piperidine rings is 1. The van der Waals surface area contributed by atoms with Crippen LogP contribution in [0.15, 0.2) is 83.3 Å². The van der Waals surface area contributed by atoms with E-state index in [1.165, 1.54) is 11.1 Å². The first-order valence-corrected chi connectivity index (χ1v) is 18.8. The Bertz CT molecular complexity index is 1950. The molecule has 53 heavy (non-hydrogen) atoms. The van der Waals surface area contributed by atoms with Gasteiger partial charge >= 0.3 is 6.09 Å². The quantitative estimate of drug-likeness (QED) is 0.127. The number of nitriles is 1. The Hall–Kier alpha value is -4.62. The zero-order valence-electron chi connectivity index (χ0n) is 31.5. The number of likely N-dealkylation sites (tertiary alicyclic amines) is 1. The number of furan rings is 1. The van der Waals surface area contributed by atoms with Crippen molar-refractivity contribution < 1.29 is 18.7 Å². The largest absolute Gasteiger partial charge is 0.460 e. The third-order valence-corrected chi connectivity index (χ3v) is 10.7. The van der Waals surface area contributed by atoms with Crippen LogP contribution >= 0.6 is 11.6 Å². The minimum atomic E-state index is -0.686. The van der Waals surface area contributed by atoms with Gasteiger partial charge in [0.15, 0.2) is 0 Å². The lowest BCUT2D eigenvalue weighted by atomic mass is 9.91. The van der Waals surface area contributed by atoms with Gasteiger partial charge in [-0.05, 0) is 126 Å². The molecule has 4 aromatic rings. The molecule has 6 rings (SSSR count). The Morgan fingerprint density at radius 3 is 2.36 bits per heavy atom. The standard InChI is InChI=1S/C43H50ClN5O4/c1-27-7-13-31(14-8-27)28(2)47-22-33-16-18-39(52-33)32-15-17-38(44)34(19-32)40(50)48-43(6,20-29-9-11-30(21-45)12-10-29)26-46-23-35-36-24-49(25-37(35)36)41(51)53-42(3,4)5/h7-19,28,35-37,46-47H,20,22-26H2,1-6H3,(H,48,50)/t28-,35?,36-,37+,43+/m1/s1. The van der Waals surface area contributed by atoms with E-state index >= 15 is 0 Å². The van der Waals surface area contributed by atoms with Gasteiger partial charge in [0.2, 0.25) is 0 Å². The van der Waals surface area contributed by atoms with Gasteiger partial charge in [-0.3, -0.25) is 4.79 Å². The van der Waals surface area contributed by atoms with Crippen molar-refractivity contribution >= 4 is 23.6 Å². The van der Waals surface area contributed by atoms with Crippen molar-refractivity contribution in [3.8, 4) is 17.4 Å². The smallest absolute Gasteiger partial charge is 0.410 e. The van der Waals surface area contributed by atoms with E-state index < -0.39 is 11.1 Å². The number of benzene rings is 3. The van der Waals surface area contributed by atoms with E-state index in [1.807, 2.05) is 62.9 Å². The summed E-state index contributed by atoms with van der Waals surface area (Å²) in [6.45, 7) is 15.1. The zero-order chi connectivity index (χ0) is 37.9. The molecule has 5 atom stereocenters.